The van der Waals surface area contributed by atoms with Crippen LogP contribution in [0.25, 0.3) is 11.1 Å². The molecule has 2 N–H and O–H groups in total. The molecule has 3 aromatic rings. The lowest BCUT2D eigenvalue weighted by molar-refractivity contribution is -0.119. The fraction of sp³-hybridized carbons (Fsp3) is 0.269. The minimum absolute atomic E-state index is 0.138. The lowest BCUT2D eigenvalue weighted by Gasteiger charge is -2.19. The van der Waals surface area contributed by atoms with Crippen LogP contribution in [0.4, 0.5) is 5.69 Å². The van der Waals surface area contributed by atoms with E-state index in [1.54, 1.807) is 43.9 Å². The fourth-order valence-electron chi connectivity index (χ4n) is 4.40. The number of benzene rings is 1. The van der Waals surface area contributed by atoms with Gasteiger partial charge < -0.3 is 24.8 Å². The summed E-state index contributed by atoms with van der Waals surface area (Å²) in [5.74, 6) is 0.851. The Kier molecular flexibility index (Phi) is 7.07. The number of hydrogen-bond donors (Lipinski definition) is 2. The molecule has 9 heteroatoms. The van der Waals surface area contributed by atoms with Crippen LogP contribution in [0.3, 0.4) is 0 Å². The van der Waals surface area contributed by atoms with E-state index in [1.165, 1.54) is 31.4 Å². The Morgan fingerprint density at radius 3 is 2.43 bits per heavy atom. The minimum Gasteiger partial charge on any atom is -0.493 e. The van der Waals surface area contributed by atoms with Crippen LogP contribution >= 0.6 is 11.3 Å². The Labute approximate surface area is 206 Å². The number of carbonyl (C=O) groups is 2. The molecule has 35 heavy (non-hydrogen) atoms. The fourth-order valence-corrected chi connectivity index (χ4v) is 5.02. The first-order chi connectivity index (χ1) is 16.9. The van der Waals surface area contributed by atoms with Gasteiger partial charge in [-0.15, -0.1) is 11.3 Å². The van der Waals surface area contributed by atoms with Crippen LogP contribution in [-0.2, 0) is 11.2 Å². The molecule has 0 saturated carbocycles. The molecule has 8 nitrogen and oxygen atoms in total. The van der Waals surface area contributed by atoms with Gasteiger partial charge in [0, 0.05) is 12.5 Å². The first kappa shape index (κ1) is 24.3. The van der Waals surface area contributed by atoms with Crippen LogP contribution in [0.15, 0.2) is 46.6 Å². The smallest absolute Gasteiger partial charge is 0.265 e. The third-order valence-corrected chi connectivity index (χ3v) is 6.78. The molecule has 182 valence electrons. The molecule has 0 bridgehead atoms. The number of hydrogen-bond acceptors (Lipinski definition) is 7. The number of aryl methyl sites for hydroxylation is 1. The Hall–Kier alpha value is -3.85. The minimum atomic E-state index is -0.419. The molecule has 0 fully saturated rings. The third-order valence-electron chi connectivity index (χ3n) is 5.91. The van der Waals surface area contributed by atoms with Crippen molar-refractivity contribution in [1.29, 1.82) is 0 Å². The van der Waals surface area contributed by atoms with E-state index in [2.05, 4.69) is 10.6 Å². The van der Waals surface area contributed by atoms with Crippen molar-refractivity contribution >= 4 is 28.8 Å². The molecule has 0 aliphatic heterocycles. The summed E-state index contributed by atoms with van der Waals surface area (Å²) in [4.78, 5) is 38.4. The van der Waals surface area contributed by atoms with E-state index in [1.807, 2.05) is 6.07 Å². The first-order valence-electron chi connectivity index (χ1n) is 11.0. The molecule has 1 aliphatic rings. The molecule has 0 unspecified atom stereocenters. The van der Waals surface area contributed by atoms with Crippen molar-refractivity contribution in [2.45, 2.75) is 25.8 Å². The van der Waals surface area contributed by atoms with Crippen LogP contribution in [0.5, 0.6) is 17.2 Å². The molecule has 2 amide bonds. The maximum atomic E-state index is 13.2. The van der Waals surface area contributed by atoms with E-state index < -0.39 is 6.04 Å². The molecule has 0 saturated heterocycles. The van der Waals surface area contributed by atoms with Gasteiger partial charge in [-0.2, -0.15) is 0 Å². The van der Waals surface area contributed by atoms with Gasteiger partial charge in [0.25, 0.3) is 5.91 Å². The lowest BCUT2D eigenvalue weighted by Crippen LogP contribution is -2.26. The van der Waals surface area contributed by atoms with Crippen molar-refractivity contribution in [2.75, 3.05) is 26.6 Å². The van der Waals surface area contributed by atoms with Crippen molar-refractivity contribution in [2.24, 2.45) is 0 Å². The quantitative estimate of drug-likeness (QED) is 0.533. The van der Waals surface area contributed by atoms with E-state index in [0.717, 1.165) is 11.1 Å². The van der Waals surface area contributed by atoms with Crippen molar-refractivity contribution in [1.82, 2.24) is 5.32 Å². The number of fused-ring (bicyclic) bond motifs is 3. The zero-order chi connectivity index (χ0) is 25.1. The molecule has 0 spiro atoms. The van der Waals surface area contributed by atoms with Gasteiger partial charge in [-0.3, -0.25) is 14.4 Å². The second-order valence-corrected chi connectivity index (χ2v) is 8.97. The van der Waals surface area contributed by atoms with Gasteiger partial charge in [0.05, 0.1) is 37.9 Å². The van der Waals surface area contributed by atoms with E-state index in [0.29, 0.717) is 46.1 Å². The Balaban J connectivity index is 1.96. The second kappa shape index (κ2) is 10.2. The van der Waals surface area contributed by atoms with Gasteiger partial charge in [0.2, 0.25) is 17.1 Å². The number of thiophene rings is 1. The average Bonchev–Trinajstić information content (AvgIpc) is 3.29. The van der Waals surface area contributed by atoms with Crippen molar-refractivity contribution < 1.29 is 23.8 Å². The summed E-state index contributed by atoms with van der Waals surface area (Å²) >= 11 is 1.29. The topological polar surface area (TPSA) is 103 Å². The number of anilines is 1. The van der Waals surface area contributed by atoms with Crippen molar-refractivity contribution in [3.63, 3.8) is 0 Å². The van der Waals surface area contributed by atoms with Crippen LogP contribution in [0.1, 0.15) is 40.2 Å². The molecular weight excluding hydrogens is 468 g/mol. The summed E-state index contributed by atoms with van der Waals surface area (Å²) in [7, 11) is 4.63. The van der Waals surface area contributed by atoms with Gasteiger partial charge in [-0.1, -0.05) is 12.1 Å². The molecule has 4 rings (SSSR count). The summed E-state index contributed by atoms with van der Waals surface area (Å²) in [6.45, 7) is 1.44. The average molecular weight is 495 g/mol. The van der Waals surface area contributed by atoms with Gasteiger partial charge >= 0.3 is 0 Å². The van der Waals surface area contributed by atoms with E-state index in [9.17, 15) is 14.4 Å². The number of rotatable bonds is 6. The highest BCUT2D eigenvalue weighted by Crippen LogP contribution is 2.50. The predicted molar refractivity (Wildman–Crippen MR) is 135 cm³/mol. The molecule has 0 radical (unpaired) electrons. The molecule has 1 heterocycles. The molecule has 1 aromatic heterocycles. The van der Waals surface area contributed by atoms with Crippen LogP contribution < -0.4 is 30.3 Å². The summed E-state index contributed by atoms with van der Waals surface area (Å²) in [6, 6.07) is 9.77. The third kappa shape index (κ3) is 4.72. The zero-order valence-corrected chi connectivity index (χ0v) is 20.7. The highest BCUT2D eigenvalue weighted by Gasteiger charge is 2.29. The highest BCUT2D eigenvalue weighted by molar-refractivity contribution is 7.12. The molecule has 1 atom stereocenters. The van der Waals surface area contributed by atoms with Crippen molar-refractivity contribution in [3.05, 3.63) is 68.0 Å². The van der Waals surface area contributed by atoms with Gasteiger partial charge in [0.1, 0.15) is 0 Å². The summed E-state index contributed by atoms with van der Waals surface area (Å²) in [5.41, 5.74) is 2.78. The Morgan fingerprint density at radius 1 is 1.03 bits per heavy atom. The van der Waals surface area contributed by atoms with Crippen LogP contribution in [0.2, 0.25) is 0 Å². The maximum absolute atomic E-state index is 13.2. The standard InChI is InChI=1S/C26H26N2O6S/c1-14(29)27-18-9-7-15-12-21(32-2)24(33-3)25(34-4)23(15)16-8-10-19(20(30)13-17(16)18)28-26(31)22-6-5-11-35-22/h5-6,8,10-13,18H,7,9H2,1-4H3,(H,27,29)(H,28,30,31)/t18-/m0/s1. The number of ether oxygens (including phenoxy) is 3. The lowest BCUT2D eigenvalue weighted by atomic mass is 9.95. The number of carbonyl (C=O) groups excluding carboxylic acids is 2. The number of nitrogens with one attached hydrogen (secondary N) is 2. The predicted octanol–water partition coefficient (Wildman–Crippen LogP) is 4.18. The zero-order valence-electron chi connectivity index (χ0n) is 19.9. The summed E-state index contributed by atoms with van der Waals surface area (Å²) < 4.78 is 16.9. The SMILES string of the molecule is COc1cc2c(c(OC)c1OC)-c1ccc(NC(=O)c3cccs3)c(=O)cc1[C@@H](NC(C)=O)CC2. The van der Waals surface area contributed by atoms with Crippen LogP contribution in [0, 0.1) is 0 Å². The monoisotopic (exact) mass is 494 g/mol. The van der Waals surface area contributed by atoms with E-state index in [4.69, 9.17) is 14.2 Å². The van der Waals surface area contributed by atoms with Crippen molar-refractivity contribution in [3.8, 4) is 28.4 Å². The maximum Gasteiger partial charge on any atom is 0.265 e. The van der Waals surface area contributed by atoms with Gasteiger partial charge in [-0.25, -0.2) is 0 Å². The van der Waals surface area contributed by atoms with Crippen LogP contribution in [-0.4, -0.2) is 33.1 Å². The summed E-state index contributed by atoms with van der Waals surface area (Å²) in [6.07, 6.45) is 1.16. The second-order valence-electron chi connectivity index (χ2n) is 8.03. The number of amides is 2. The highest BCUT2D eigenvalue weighted by atomic mass is 32.1. The Morgan fingerprint density at radius 2 is 1.80 bits per heavy atom. The van der Waals surface area contributed by atoms with E-state index >= 15 is 0 Å². The molecule has 2 aromatic carbocycles. The Bertz CT molecular complexity index is 1340. The van der Waals surface area contributed by atoms with Gasteiger partial charge in [0.15, 0.2) is 11.5 Å². The van der Waals surface area contributed by atoms with E-state index in [-0.39, 0.29) is 22.9 Å². The molecule has 1 aliphatic carbocycles. The summed E-state index contributed by atoms with van der Waals surface area (Å²) in [5, 5.41) is 7.48. The largest absolute Gasteiger partial charge is 0.493 e. The molecular formula is C26H26N2O6S. The first-order valence-corrected chi connectivity index (χ1v) is 11.9. The normalized spacial score (nSPS) is 14.1. The number of methoxy groups -OCH3 is 3. The van der Waals surface area contributed by atoms with Gasteiger partial charge in [-0.05, 0) is 59.2 Å².